The lowest BCUT2D eigenvalue weighted by molar-refractivity contribution is -0.115. The van der Waals surface area contributed by atoms with Gasteiger partial charge in [-0.25, -0.2) is 9.67 Å². The van der Waals surface area contributed by atoms with Crippen LogP contribution < -0.4 is 10.6 Å². The zero-order valence-corrected chi connectivity index (χ0v) is 16.9. The molecule has 0 aliphatic rings. The molecule has 0 aliphatic carbocycles. The van der Waals surface area contributed by atoms with Gasteiger partial charge in [0.2, 0.25) is 5.91 Å². The van der Waals surface area contributed by atoms with Crippen LogP contribution in [-0.4, -0.2) is 27.2 Å². The lowest BCUT2D eigenvalue weighted by Crippen LogP contribution is -2.31. The molecule has 0 fully saturated rings. The van der Waals surface area contributed by atoms with Crippen molar-refractivity contribution in [2.75, 3.05) is 11.9 Å². The Kier molecular flexibility index (Phi) is 6.00. The second kappa shape index (κ2) is 9.00. The SMILES string of the molecule is O=C(CNC(c1ccccc1)c1cccs1)Nc1cc(Cl)ccc1-n1cncn1. The highest BCUT2D eigenvalue weighted by atomic mass is 35.5. The van der Waals surface area contributed by atoms with Gasteiger partial charge in [-0.05, 0) is 35.2 Å². The Morgan fingerprint density at radius 1 is 1.14 bits per heavy atom. The molecular formula is C21H18ClN5OS. The summed E-state index contributed by atoms with van der Waals surface area (Å²) in [6.07, 6.45) is 3.01. The molecule has 4 rings (SSSR count). The normalized spacial score (nSPS) is 11.9. The van der Waals surface area contributed by atoms with Crippen LogP contribution in [0.25, 0.3) is 5.69 Å². The number of carbonyl (C=O) groups excluding carboxylic acids is 1. The van der Waals surface area contributed by atoms with Gasteiger partial charge in [0.15, 0.2) is 0 Å². The number of nitrogens with one attached hydrogen (secondary N) is 2. The third-order valence-corrected chi connectivity index (χ3v) is 5.50. The van der Waals surface area contributed by atoms with Gasteiger partial charge in [0, 0.05) is 9.90 Å². The summed E-state index contributed by atoms with van der Waals surface area (Å²) in [6.45, 7) is 0.140. The predicted octanol–water partition coefficient (Wildman–Crippen LogP) is 4.30. The minimum Gasteiger partial charge on any atom is -0.323 e. The fourth-order valence-corrected chi connectivity index (χ4v) is 4.01. The van der Waals surface area contributed by atoms with Crippen LogP contribution in [0.3, 0.4) is 0 Å². The van der Waals surface area contributed by atoms with Crippen LogP contribution in [0.15, 0.2) is 78.7 Å². The van der Waals surface area contributed by atoms with Crippen LogP contribution in [0.4, 0.5) is 5.69 Å². The molecule has 4 aromatic rings. The van der Waals surface area contributed by atoms with Gasteiger partial charge in [-0.15, -0.1) is 11.3 Å². The summed E-state index contributed by atoms with van der Waals surface area (Å²) in [4.78, 5) is 17.8. The molecule has 2 aromatic carbocycles. The van der Waals surface area contributed by atoms with Crippen molar-refractivity contribution in [1.82, 2.24) is 20.1 Å². The van der Waals surface area contributed by atoms with Crippen molar-refractivity contribution in [2.24, 2.45) is 0 Å². The largest absolute Gasteiger partial charge is 0.323 e. The first-order valence-electron chi connectivity index (χ1n) is 8.97. The zero-order chi connectivity index (χ0) is 20.1. The van der Waals surface area contributed by atoms with Gasteiger partial charge in [-0.1, -0.05) is 48.0 Å². The molecule has 1 atom stereocenters. The monoisotopic (exact) mass is 423 g/mol. The Balaban J connectivity index is 1.49. The summed E-state index contributed by atoms with van der Waals surface area (Å²) in [5, 5.41) is 13.0. The molecule has 1 amide bonds. The van der Waals surface area contributed by atoms with E-state index in [1.54, 1.807) is 40.5 Å². The van der Waals surface area contributed by atoms with E-state index in [-0.39, 0.29) is 18.5 Å². The van der Waals surface area contributed by atoms with Gasteiger partial charge in [0.25, 0.3) is 0 Å². The number of rotatable bonds is 7. The number of thiophene rings is 1. The Morgan fingerprint density at radius 3 is 2.72 bits per heavy atom. The molecule has 2 heterocycles. The van der Waals surface area contributed by atoms with E-state index < -0.39 is 0 Å². The Bertz CT molecular complexity index is 1070. The maximum atomic E-state index is 12.7. The number of nitrogens with zero attached hydrogens (tertiary/aromatic N) is 3. The minimum absolute atomic E-state index is 0.0592. The highest BCUT2D eigenvalue weighted by Crippen LogP contribution is 2.26. The number of carbonyl (C=O) groups is 1. The Morgan fingerprint density at radius 2 is 2.00 bits per heavy atom. The van der Waals surface area contributed by atoms with E-state index in [1.165, 1.54) is 6.33 Å². The van der Waals surface area contributed by atoms with E-state index >= 15 is 0 Å². The van der Waals surface area contributed by atoms with E-state index in [1.807, 2.05) is 29.6 Å². The third-order valence-electron chi connectivity index (χ3n) is 4.33. The van der Waals surface area contributed by atoms with Crippen LogP contribution in [0.5, 0.6) is 0 Å². The van der Waals surface area contributed by atoms with Crippen LogP contribution in [0.1, 0.15) is 16.5 Å². The molecule has 29 heavy (non-hydrogen) atoms. The lowest BCUT2D eigenvalue weighted by atomic mass is 10.1. The van der Waals surface area contributed by atoms with Gasteiger partial charge in [0.05, 0.1) is 24.0 Å². The highest BCUT2D eigenvalue weighted by molar-refractivity contribution is 7.10. The van der Waals surface area contributed by atoms with Gasteiger partial charge >= 0.3 is 0 Å². The van der Waals surface area contributed by atoms with Gasteiger partial charge in [-0.3, -0.25) is 10.1 Å². The van der Waals surface area contributed by atoms with Gasteiger partial charge in [-0.2, -0.15) is 5.10 Å². The van der Waals surface area contributed by atoms with E-state index in [2.05, 4.69) is 38.9 Å². The number of aromatic nitrogens is 3. The number of benzene rings is 2. The molecule has 1 unspecified atom stereocenters. The average Bonchev–Trinajstić information content (AvgIpc) is 3.44. The first-order valence-corrected chi connectivity index (χ1v) is 10.2. The maximum absolute atomic E-state index is 12.7. The summed E-state index contributed by atoms with van der Waals surface area (Å²) in [7, 11) is 0. The summed E-state index contributed by atoms with van der Waals surface area (Å²) < 4.78 is 1.58. The van der Waals surface area contributed by atoms with E-state index in [4.69, 9.17) is 11.6 Å². The smallest absolute Gasteiger partial charge is 0.238 e. The van der Waals surface area contributed by atoms with Crippen molar-refractivity contribution in [2.45, 2.75) is 6.04 Å². The summed E-state index contributed by atoms with van der Waals surface area (Å²) >= 11 is 7.78. The number of hydrogen-bond donors (Lipinski definition) is 2. The molecule has 0 saturated carbocycles. The van der Waals surface area contributed by atoms with Crippen LogP contribution in [0.2, 0.25) is 5.02 Å². The van der Waals surface area contributed by atoms with Crippen molar-refractivity contribution < 1.29 is 4.79 Å². The van der Waals surface area contributed by atoms with Crippen molar-refractivity contribution in [1.29, 1.82) is 0 Å². The zero-order valence-electron chi connectivity index (χ0n) is 15.3. The van der Waals surface area contributed by atoms with Crippen molar-refractivity contribution in [3.63, 3.8) is 0 Å². The van der Waals surface area contributed by atoms with Gasteiger partial charge in [0.1, 0.15) is 12.7 Å². The van der Waals surface area contributed by atoms with E-state index in [0.29, 0.717) is 16.4 Å². The molecule has 0 spiro atoms. The molecule has 0 bridgehead atoms. The second-order valence-electron chi connectivity index (χ2n) is 6.29. The first kappa shape index (κ1) is 19.3. The van der Waals surface area contributed by atoms with Crippen LogP contribution in [0, 0.1) is 0 Å². The quantitative estimate of drug-likeness (QED) is 0.465. The molecular weight excluding hydrogens is 406 g/mol. The molecule has 8 heteroatoms. The van der Waals surface area contributed by atoms with Crippen LogP contribution >= 0.6 is 22.9 Å². The third kappa shape index (κ3) is 4.71. The van der Waals surface area contributed by atoms with Crippen molar-refractivity contribution in [3.05, 3.63) is 94.2 Å². The molecule has 2 aromatic heterocycles. The number of halogens is 1. The Labute approximate surface area is 177 Å². The van der Waals surface area contributed by atoms with E-state index in [0.717, 1.165) is 10.4 Å². The second-order valence-corrected chi connectivity index (χ2v) is 7.71. The average molecular weight is 424 g/mol. The predicted molar refractivity (Wildman–Crippen MR) is 116 cm³/mol. The Hall–Kier alpha value is -3.00. The fourth-order valence-electron chi connectivity index (χ4n) is 3.01. The summed E-state index contributed by atoms with van der Waals surface area (Å²) in [5.74, 6) is -0.175. The molecule has 0 radical (unpaired) electrons. The molecule has 2 N–H and O–H groups in total. The van der Waals surface area contributed by atoms with E-state index in [9.17, 15) is 4.79 Å². The minimum atomic E-state index is -0.175. The van der Waals surface area contributed by atoms with Crippen LogP contribution in [-0.2, 0) is 4.79 Å². The van der Waals surface area contributed by atoms with Crippen molar-refractivity contribution >= 4 is 34.5 Å². The number of amides is 1. The topological polar surface area (TPSA) is 71.8 Å². The first-order chi connectivity index (χ1) is 14.2. The highest BCUT2D eigenvalue weighted by Gasteiger charge is 2.17. The number of anilines is 1. The molecule has 0 aliphatic heterocycles. The van der Waals surface area contributed by atoms with Gasteiger partial charge < -0.3 is 5.32 Å². The number of hydrogen-bond acceptors (Lipinski definition) is 5. The summed E-state index contributed by atoms with van der Waals surface area (Å²) in [6, 6.07) is 19.3. The maximum Gasteiger partial charge on any atom is 0.238 e. The summed E-state index contributed by atoms with van der Waals surface area (Å²) in [5.41, 5.74) is 2.37. The lowest BCUT2D eigenvalue weighted by Gasteiger charge is -2.18. The molecule has 6 nitrogen and oxygen atoms in total. The molecule has 0 saturated heterocycles. The van der Waals surface area contributed by atoms with Crippen molar-refractivity contribution in [3.8, 4) is 5.69 Å². The molecule has 146 valence electrons. The standard InChI is InChI=1S/C21H18ClN5OS/c22-16-8-9-18(27-14-23-13-25-27)17(11-16)26-20(28)12-24-21(19-7-4-10-29-19)15-5-2-1-3-6-15/h1-11,13-14,21,24H,12H2,(H,26,28). The fraction of sp³-hybridized carbons (Fsp3) is 0.0952.